The number of allylic oxidation sites excluding steroid dienone is 1. The second-order valence-corrected chi connectivity index (χ2v) is 15.6. The summed E-state index contributed by atoms with van der Waals surface area (Å²) in [5.41, 5.74) is 12.3. The molecule has 0 aromatic rings. The van der Waals surface area contributed by atoms with Gasteiger partial charge >= 0.3 is 0 Å². The van der Waals surface area contributed by atoms with Gasteiger partial charge in [0.15, 0.2) is 5.78 Å². The first kappa shape index (κ1) is 28.6. The van der Waals surface area contributed by atoms with E-state index in [0.29, 0.717) is 28.5 Å². The van der Waals surface area contributed by atoms with Crippen LogP contribution in [-0.2, 0) is 14.3 Å². The number of thioether (sulfide) groups is 3. The molecule has 1 aliphatic carbocycles. The minimum absolute atomic E-state index is 0.0194. The summed E-state index contributed by atoms with van der Waals surface area (Å²) in [6, 6.07) is 0.717. The number of hydrogen-bond acceptors (Lipinski definition) is 11. The largest absolute Gasteiger partial charge is 0.378 e. The predicted octanol–water partition coefficient (Wildman–Crippen LogP) is 0.484. The number of primary amides is 1. The van der Waals surface area contributed by atoms with Gasteiger partial charge in [0.1, 0.15) is 6.04 Å². The van der Waals surface area contributed by atoms with E-state index in [4.69, 9.17) is 16.2 Å². The highest BCUT2D eigenvalue weighted by Crippen LogP contribution is 2.51. The summed E-state index contributed by atoms with van der Waals surface area (Å²) < 4.78 is 5.55. The Morgan fingerprint density at radius 3 is 2.67 bits per heavy atom. The second kappa shape index (κ2) is 12.8. The van der Waals surface area contributed by atoms with Crippen LogP contribution in [0.2, 0.25) is 0 Å². The number of hydrogen-bond donors (Lipinski definition) is 5. The lowest BCUT2D eigenvalue weighted by Gasteiger charge is -2.42. The Morgan fingerprint density at radius 2 is 1.87 bits per heavy atom. The number of fused-ring (bicyclic) bond motifs is 1. The van der Waals surface area contributed by atoms with Crippen LogP contribution in [0.1, 0.15) is 38.5 Å². The van der Waals surface area contributed by atoms with Gasteiger partial charge < -0.3 is 37.1 Å². The van der Waals surface area contributed by atoms with Gasteiger partial charge in [0.05, 0.1) is 23.5 Å². The second-order valence-electron chi connectivity index (χ2n) is 11.9. The first-order chi connectivity index (χ1) is 19.0. The Labute approximate surface area is 244 Å². The molecule has 8 unspecified atom stereocenters. The minimum atomic E-state index is -0.374. The number of nitrogens with two attached hydrogens (primary N) is 2. The fraction of sp³-hybridized carbons (Fsp3) is 0.852. The summed E-state index contributed by atoms with van der Waals surface area (Å²) in [5.74, 6) is 2.56. The smallest absolute Gasteiger partial charge is 0.236 e. The third kappa shape index (κ3) is 6.33. The molecule has 6 aliphatic rings. The van der Waals surface area contributed by atoms with Crippen molar-refractivity contribution in [3.05, 3.63) is 11.1 Å². The Hall–Kier alpha value is -0.470. The van der Waals surface area contributed by atoms with Crippen molar-refractivity contribution in [1.82, 2.24) is 20.9 Å². The lowest BCUT2D eigenvalue weighted by atomic mass is 9.87. The van der Waals surface area contributed by atoms with Gasteiger partial charge in [0.25, 0.3) is 0 Å². The molecular formula is C27H44N6O3S3. The number of piperidine rings is 1. The molecule has 6 rings (SSSR count). The van der Waals surface area contributed by atoms with Gasteiger partial charge in [-0.05, 0) is 43.1 Å². The molecule has 0 bridgehead atoms. The molecule has 0 spiro atoms. The molecule has 218 valence electrons. The van der Waals surface area contributed by atoms with Crippen molar-refractivity contribution in [2.45, 2.75) is 90.5 Å². The van der Waals surface area contributed by atoms with E-state index < -0.39 is 0 Å². The lowest BCUT2D eigenvalue weighted by Crippen LogP contribution is -2.67. The Balaban J connectivity index is 1.12. The summed E-state index contributed by atoms with van der Waals surface area (Å²) in [5, 5.41) is 13.1. The molecule has 5 heterocycles. The maximum Gasteiger partial charge on any atom is 0.236 e. The summed E-state index contributed by atoms with van der Waals surface area (Å²) >= 11 is 5.81. The predicted molar refractivity (Wildman–Crippen MR) is 161 cm³/mol. The number of nitrogens with one attached hydrogen (secondary N) is 3. The fourth-order valence-corrected chi connectivity index (χ4v) is 12.6. The van der Waals surface area contributed by atoms with Gasteiger partial charge in [0.2, 0.25) is 5.91 Å². The van der Waals surface area contributed by atoms with E-state index in [-0.39, 0.29) is 41.1 Å². The van der Waals surface area contributed by atoms with Crippen molar-refractivity contribution in [3.8, 4) is 0 Å². The van der Waals surface area contributed by atoms with E-state index in [2.05, 4.69) is 20.9 Å². The molecule has 7 N–H and O–H groups in total. The highest BCUT2D eigenvalue weighted by Gasteiger charge is 2.51. The number of carbonyl (C=O) groups is 2. The fourth-order valence-electron chi connectivity index (χ4n) is 7.31. The van der Waals surface area contributed by atoms with Crippen molar-refractivity contribution in [1.29, 1.82) is 0 Å². The van der Waals surface area contributed by atoms with E-state index in [1.165, 1.54) is 12.8 Å². The normalized spacial score (nSPS) is 43.3. The third-order valence-electron chi connectivity index (χ3n) is 9.40. The van der Waals surface area contributed by atoms with Crippen LogP contribution in [0, 0.1) is 5.92 Å². The Bertz CT molecular complexity index is 936. The number of morpholine rings is 1. The zero-order chi connectivity index (χ0) is 26.9. The molecule has 5 fully saturated rings. The number of ketones is 1. The minimum Gasteiger partial charge on any atom is -0.378 e. The Morgan fingerprint density at radius 1 is 1.05 bits per heavy atom. The zero-order valence-electron chi connectivity index (χ0n) is 22.6. The quantitative estimate of drug-likeness (QED) is 0.281. The first-order valence-corrected chi connectivity index (χ1v) is 17.7. The summed E-state index contributed by atoms with van der Waals surface area (Å²) in [6.07, 6.45) is 8.46. The van der Waals surface area contributed by atoms with E-state index in [9.17, 15) is 9.59 Å². The summed E-state index contributed by atoms with van der Waals surface area (Å²) in [7, 11) is 0. The van der Waals surface area contributed by atoms with Crippen molar-refractivity contribution in [2.75, 3.05) is 44.4 Å². The maximum atomic E-state index is 13.2. The van der Waals surface area contributed by atoms with Gasteiger partial charge in [-0.15, -0.1) is 23.5 Å². The third-order valence-corrected chi connectivity index (χ3v) is 14.1. The van der Waals surface area contributed by atoms with Crippen molar-refractivity contribution >= 4 is 47.0 Å². The molecule has 1 saturated carbocycles. The molecule has 9 nitrogen and oxygen atoms in total. The molecule has 10 atom stereocenters. The molecule has 39 heavy (non-hydrogen) atoms. The summed E-state index contributed by atoms with van der Waals surface area (Å²) in [4.78, 5) is 27.9. The van der Waals surface area contributed by atoms with Crippen LogP contribution in [0.5, 0.6) is 0 Å². The standard InChI is InChI=1S/C27H44N6O3S3/c28-17-3-1-2-4-18(17)31-15-11-20(23(27(29)35)30-13-15)32-19-5-10-37-24(19)16-14-38-26-21(34)12-22(39-25(16)26)33-6-8-36-9-7-33/h12,15-20,23-26,30-32H,1-11,13-14,28H2,(H2,29,35)/t15?,16?,17-,18+,19?,20?,23?,24?,25?,26?/m1/s1. The SMILES string of the molecule is NC(=O)C1NCC(N[C@H]2CCCC[C@H]2N)CC1NC1CCSC1C1CSC2C(=O)C=C(N3CCOCC3)SC21. The van der Waals surface area contributed by atoms with Crippen molar-refractivity contribution in [3.63, 3.8) is 0 Å². The van der Waals surface area contributed by atoms with Gasteiger partial charge in [-0.25, -0.2) is 0 Å². The molecular weight excluding hydrogens is 553 g/mol. The zero-order valence-corrected chi connectivity index (χ0v) is 25.0. The van der Waals surface area contributed by atoms with E-state index >= 15 is 0 Å². The van der Waals surface area contributed by atoms with Gasteiger partial charge in [-0.1, -0.05) is 12.8 Å². The monoisotopic (exact) mass is 596 g/mol. The lowest BCUT2D eigenvalue weighted by molar-refractivity contribution is -0.121. The highest BCUT2D eigenvalue weighted by molar-refractivity contribution is 8.07. The van der Waals surface area contributed by atoms with Gasteiger partial charge in [-0.3, -0.25) is 9.59 Å². The highest BCUT2D eigenvalue weighted by atomic mass is 32.2. The number of rotatable bonds is 7. The van der Waals surface area contributed by atoms with E-state index in [0.717, 1.165) is 75.1 Å². The van der Waals surface area contributed by atoms with Gasteiger partial charge in [0, 0.05) is 66.4 Å². The molecule has 12 heteroatoms. The molecule has 1 amide bonds. The van der Waals surface area contributed by atoms with Crippen LogP contribution in [0.3, 0.4) is 0 Å². The van der Waals surface area contributed by atoms with Crippen molar-refractivity contribution < 1.29 is 14.3 Å². The van der Waals surface area contributed by atoms with Crippen molar-refractivity contribution in [2.24, 2.45) is 17.4 Å². The number of amides is 1. The maximum absolute atomic E-state index is 13.2. The van der Waals surface area contributed by atoms with Gasteiger partial charge in [-0.2, -0.15) is 11.8 Å². The molecule has 5 aliphatic heterocycles. The van der Waals surface area contributed by atoms with Crippen LogP contribution < -0.4 is 27.4 Å². The summed E-state index contributed by atoms with van der Waals surface area (Å²) in [6.45, 7) is 3.89. The van der Waals surface area contributed by atoms with E-state index in [1.54, 1.807) is 0 Å². The number of carbonyl (C=O) groups excluding carboxylic acids is 2. The topological polar surface area (TPSA) is 135 Å². The molecule has 0 radical (unpaired) electrons. The van der Waals surface area contributed by atoms with Crippen LogP contribution >= 0.6 is 35.3 Å². The molecule has 4 saturated heterocycles. The average Bonchev–Trinajstić information content (AvgIpc) is 3.57. The number of ether oxygens (including phenoxy) is 1. The molecule has 0 aromatic carbocycles. The Kier molecular flexibility index (Phi) is 9.41. The first-order valence-electron chi connectivity index (χ1n) is 14.8. The van der Waals surface area contributed by atoms with Crippen LogP contribution in [0.4, 0.5) is 0 Å². The van der Waals surface area contributed by atoms with Crippen LogP contribution in [0.25, 0.3) is 0 Å². The van der Waals surface area contributed by atoms with Crippen LogP contribution in [-0.4, -0.2) is 113 Å². The average molecular weight is 597 g/mol. The van der Waals surface area contributed by atoms with E-state index in [1.807, 2.05) is 41.4 Å². The molecule has 0 aromatic heterocycles. The van der Waals surface area contributed by atoms with Crippen LogP contribution in [0.15, 0.2) is 11.1 Å². The number of nitrogens with zero attached hydrogens (tertiary/aromatic N) is 1.